The van der Waals surface area contributed by atoms with Crippen LogP contribution in [0, 0.1) is 0 Å². The van der Waals surface area contributed by atoms with Gasteiger partial charge in [-0.2, -0.15) is 8.78 Å². The average Bonchev–Trinajstić information content (AvgIpc) is 2.54. The normalized spacial score (nSPS) is 12.0. The number of anilines is 1. The summed E-state index contributed by atoms with van der Waals surface area (Å²) in [7, 11) is 0. The van der Waals surface area contributed by atoms with Gasteiger partial charge in [0.15, 0.2) is 0 Å². The molecule has 128 valence electrons. The molecule has 0 spiro atoms. The standard InChI is InChI=1S/C17H17ClF2N2O2/c1-11(12-6-2-3-7-13(12)18)21-10-16(23)22-14-8-4-5-9-15(14)24-17(19)20/h2-9,11,17,21H,10H2,1H3,(H,22,23)/t11-/m0/s1. The molecule has 0 aliphatic carbocycles. The highest BCUT2D eigenvalue weighted by Crippen LogP contribution is 2.25. The molecule has 0 radical (unpaired) electrons. The summed E-state index contributed by atoms with van der Waals surface area (Å²) in [6.45, 7) is -1.08. The third-order valence-electron chi connectivity index (χ3n) is 3.32. The van der Waals surface area contributed by atoms with Crippen LogP contribution in [0.1, 0.15) is 18.5 Å². The van der Waals surface area contributed by atoms with Crippen LogP contribution < -0.4 is 15.4 Å². The Hall–Kier alpha value is -2.18. The molecule has 0 saturated heterocycles. The maximum absolute atomic E-state index is 12.4. The Kier molecular flexibility index (Phi) is 6.52. The Morgan fingerprint density at radius 1 is 1.17 bits per heavy atom. The highest BCUT2D eigenvalue weighted by atomic mass is 35.5. The van der Waals surface area contributed by atoms with E-state index < -0.39 is 6.61 Å². The smallest absolute Gasteiger partial charge is 0.387 e. The molecule has 0 bridgehead atoms. The number of para-hydroxylation sites is 2. The minimum Gasteiger partial charge on any atom is -0.433 e. The molecule has 0 aliphatic rings. The zero-order valence-electron chi connectivity index (χ0n) is 12.9. The van der Waals surface area contributed by atoms with E-state index in [-0.39, 0.29) is 29.9 Å². The second-order valence-electron chi connectivity index (χ2n) is 5.05. The van der Waals surface area contributed by atoms with Crippen LogP contribution in [0.2, 0.25) is 5.02 Å². The zero-order valence-corrected chi connectivity index (χ0v) is 13.7. The van der Waals surface area contributed by atoms with Crippen molar-refractivity contribution < 1.29 is 18.3 Å². The number of alkyl halides is 2. The Morgan fingerprint density at radius 2 is 1.83 bits per heavy atom. The van der Waals surface area contributed by atoms with E-state index >= 15 is 0 Å². The number of nitrogens with one attached hydrogen (secondary N) is 2. The molecule has 1 amide bonds. The van der Waals surface area contributed by atoms with Crippen molar-refractivity contribution in [3.63, 3.8) is 0 Å². The summed E-state index contributed by atoms with van der Waals surface area (Å²) in [5.74, 6) is -0.459. The SMILES string of the molecule is C[C@H](NCC(=O)Nc1ccccc1OC(F)F)c1ccccc1Cl. The van der Waals surface area contributed by atoms with Gasteiger partial charge in [0.25, 0.3) is 0 Å². The van der Waals surface area contributed by atoms with Crippen LogP contribution in [0.3, 0.4) is 0 Å². The van der Waals surface area contributed by atoms with E-state index in [2.05, 4.69) is 15.4 Å². The van der Waals surface area contributed by atoms with E-state index in [9.17, 15) is 13.6 Å². The predicted molar refractivity (Wildman–Crippen MR) is 89.6 cm³/mol. The van der Waals surface area contributed by atoms with Crippen LogP contribution in [0.5, 0.6) is 5.75 Å². The average molecular weight is 355 g/mol. The number of benzene rings is 2. The van der Waals surface area contributed by atoms with E-state index in [4.69, 9.17) is 11.6 Å². The van der Waals surface area contributed by atoms with Crippen molar-refractivity contribution in [2.24, 2.45) is 0 Å². The molecule has 4 nitrogen and oxygen atoms in total. The lowest BCUT2D eigenvalue weighted by molar-refractivity contribution is -0.115. The van der Waals surface area contributed by atoms with Gasteiger partial charge in [0.1, 0.15) is 5.75 Å². The first-order chi connectivity index (χ1) is 11.5. The molecule has 0 fully saturated rings. The van der Waals surface area contributed by atoms with Crippen molar-refractivity contribution in [1.29, 1.82) is 0 Å². The minimum absolute atomic E-state index is 0.00456. The molecule has 2 rings (SSSR count). The molecule has 1 atom stereocenters. The van der Waals surface area contributed by atoms with Gasteiger partial charge in [-0.25, -0.2) is 0 Å². The summed E-state index contributed by atoms with van der Waals surface area (Å²) >= 11 is 6.11. The number of halogens is 3. The van der Waals surface area contributed by atoms with Gasteiger partial charge in [-0.3, -0.25) is 4.79 Å². The lowest BCUT2D eigenvalue weighted by atomic mass is 10.1. The Labute approximate surface area is 143 Å². The highest BCUT2D eigenvalue weighted by Gasteiger charge is 2.13. The maximum atomic E-state index is 12.4. The van der Waals surface area contributed by atoms with Gasteiger partial charge in [0.2, 0.25) is 5.91 Å². The third-order valence-corrected chi connectivity index (χ3v) is 3.66. The summed E-state index contributed by atoms with van der Waals surface area (Å²) in [5.41, 5.74) is 1.06. The number of carbonyl (C=O) groups is 1. The van der Waals surface area contributed by atoms with Crippen LogP contribution in [0.25, 0.3) is 0 Å². The number of amides is 1. The largest absolute Gasteiger partial charge is 0.433 e. The molecule has 2 aromatic carbocycles. The van der Waals surface area contributed by atoms with E-state index in [1.165, 1.54) is 12.1 Å². The quantitative estimate of drug-likeness (QED) is 0.782. The molecular formula is C17H17ClF2N2O2. The number of ether oxygens (including phenoxy) is 1. The van der Waals surface area contributed by atoms with Crippen LogP contribution in [0.15, 0.2) is 48.5 Å². The van der Waals surface area contributed by atoms with Crippen molar-refractivity contribution in [2.75, 3.05) is 11.9 Å². The Morgan fingerprint density at radius 3 is 2.54 bits per heavy atom. The first-order valence-corrected chi connectivity index (χ1v) is 7.66. The summed E-state index contributed by atoms with van der Waals surface area (Å²) in [6.07, 6.45) is 0. The molecule has 0 aliphatic heterocycles. The summed E-state index contributed by atoms with van der Waals surface area (Å²) in [4.78, 5) is 12.0. The molecule has 0 heterocycles. The van der Waals surface area contributed by atoms with E-state index in [0.717, 1.165) is 5.56 Å². The van der Waals surface area contributed by atoms with Crippen LogP contribution in [-0.2, 0) is 4.79 Å². The van der Waals surface area contributed by atoms with Crippen molar-refractivity contribution in [1.82, 2.24) is 5.32 Å². The van der Waals surface area contributed by atoms with Gasteiger partial charge in [-0.1, -0.05) is 41.9 Å². The monoisotopic (exact) mass is 354 g/mol. The van der Waals surface area contributed by atoms with Gasteiger partial charge in [-0.05, 0) is 30.7 Å². The fourth-order valence-electron chi connectivity index (χ4n) is 2.15. The summed E-state index contributed by atoms with van der Waals surface area (Å²) in [5, 5.41) is 6.18. The van der Waals surface area contributed by atoms with Crippen molar-refractivity contribution in [3.8, 4) is 5.75 Å². The van der Waals surface area contributed by atoms with Gasteiger partial charge >= 0.3 is 6.61 Å². The second kappa shape index (κ2) is 8.61. The predicted octanol–water partition coefficient (Wildman–Crippen LogP) is 4.23. The molecular weight excluding hydrogens is 338 g/mol. The molecule has 7 heteroatoms. The fourth-order valence-corrected chi connectivity index (χ4v) is 2.44. The number of hydrogen-bond donors (Lipinski definition) is 2. The van der Waals surface area contributed by atoms with Gasteiger partial charge in [0.05, 0.1) is 12.2 Å². The van der Waals surface area contributed by atoms with Crippen LogP contribution >= 0.6 is 11.6 Å². The number of hydrogen-bond acceptors (Lipinski definition) is 3. The van der Waals surface area contributed by atoms with Crippen molar-refractivity contribution in [2.45, 2.75) is 19.6 Å². The highest BCUT2D eigenvalue weighted by molar-refractivity contribution is 6.31. The summed E-state index contributed by atoms with van der Waals surface area (Å²) < 4.78 is 29.1. The molecule has 0 saturated carbocycles. The maximum Gasteiger partial charge on any atom is 0.387 e. The lowest BCUT2D eigenvalue weighted by Crippen LogP contribution is -2.30. The second-order valence-corrected chi connectivity index (χ2v) is 5.45. The first-order valence-electron chi connectivity index (χ1n) is 7.29. The number of rotatable bonds is 7. The topological polar surface area (TPSA) is 50.4 Å². The van der Waals surface area contributed by atoms with Gasteiger partial charge in [-0.15, -0.1) is 0 Å². The third kappa shape index (κ3) is 5.18. The minimum atomic E-state index is -2.96. The van der Waals surface area contributed by atoms with Crippen molar-refractivity contribution in [3.05, 3.63) is 59.1 Å². The van der Waals surface area contributed by atoms with Gasteiger partial charge in [0, 0.05) is 11.1 Å². The molecule has 24 heavy (non-hydrogen) atoms. The number of carbonyl (C=O) groups excluding carboxylic acids is 1. The molecule has 0 aromatic heterocycles. The van der Waals surface area contributed by atoms with Crippen molar-refractivity contribution >= 4 is 23.2 Å². The summed E-state index contributed by atoms with van der Waals surface area (Å²) in [6, 6.07) is 13.2. The molecule has 0 unspecified atom stereocenters. The zero-order chi connectivity index (χ0) is 17.5. The lowest BCUT2D eigenvalue weighted by Gasteiger charge is -2.16. The first kappa shape index (κ1) is 18.2. The van der Waals surface area contributed by atoms with E-state index in [0.29, 0.717) is 5.02 Å². The van der Waals surface area contributed by atoms with Gasteiger partial charge < -0.3 is 15.4 Å². The fraction of sp³-hybridized carbons (Fsp3) is 0.235. The molecule has 2 N–H and O–H groups in total. The Balaban J connectivity index is 1.93. The molecule has 2 aromatic rings. The van der Waals surface area contributed by atoms with E-state index in [1.807, 2.05) is 25.1 Å². The van der Waals surface area contributed by atoms with E-state index in [1.54, 1.807) is 18.2 Å². The Bertz CT molecular complexity index is 698. The van der Waals surface area contributed by atoms with Crippen LogP contribution in [0.4, 0.5) is 14.5 Å². The van der Waals surface area contributed by atoms with Crippen LogP contribution in [-0.4, -0.2) is 19.1 Å².